The minimum Gasteiger partial charge on any atom is -0.550 e. The molecule has 0 radical (unpaired) electrons. The van der Waals surface area contributed by atoms with Gasteiger partial charge in [-0.2, -0.15) is 0 Å². The molecular formula is C16H31NO2. The van der Waals surface area contributed by atoms with Crippen LogP contribution in [-0.2, 0) is 4.79 Å². The molecule has 0 fully saturated rings. The Morgan fingerprint density at radius 3 is 1.89 bits per heavy atom. The van der Waals surface area contributed by atoms with Gasteiger partial charge in [-0.25, -0.2) is 0 Å². The fraction of sp³-hybridized carbons (Fsp3) is 0.812. The molecule has 0 aromatic heterocycles. The number of carboxylic acids is 1. The summed E-state index contributed by atoms with van der Waals surface area (Å²) >= 11 is 0. The van der Waals surface area contributed by atoms with Gasteiger partial charge in [0.15, 0.2) is 0 Å². The third-order valence-electron chi connectivity index (χ3n) is 3.12. The highest BCUT2D eigenvalue weighted by atomic mass is 16.4. The van der Waals surface area contributed by atoms with Crippen molar-refractivity contribution in [3.8, 4) is 0 Å². The maximum absolute atomic E-state index is 10.2. The minimum absolute atomic E-state index is 0.204. The Labute approximate surface area is 118 Å². The van der Waals surface area contributed by atoms with E-state index < -0.39 is 5.97 Å². The first kappa shape index (κ1) is 18.2. The third-order valence-corrected chi connectivity index (χ3v) is 3.12. The Morgan fingerprint density at radius 2 is 1.42 bits per heavy atom. The van der Waals surface area contributed by atoms with Crippen LogP contribution >= 0.6 is 0 Å². The molecule has 0 aliphatic rings. The van der Waals surface area contributed by atoms with Crippen LogP contribution in [0.4, 0.5) is 0 Å². The average molecular weight is 269 g/mol. The molecule has 0 rings (SSSR count). The molecule has 0 bridgehead atoms. The van der Waals surface area contributed by atoms with E-state index in [1.165, 1.54) is 32.2 Å². The van der Waals surface area contributed by atoms with E-state index >= 15 is 0 Å². The number of nitrogens with zero attached hydrogens (tertiary/aromatic N) is 1. The number of carboxylic acid groups (broad SMARTS) is 1. The summed E-state index contributed by atoms with van der Waals surface area (Å²) in [6.45, 7) is 1.25. The number of hydrogen-bond acceptors (Lipinski definition) is 2. The molecule has 0 heterocycles. The predicted octanol–water partition coefficient (Wildman–Crippen LogP) is 2.51. The number of carbonyl (C=O) groups excluding carboxylic acids is 1. The fourth-order valence-corrected chi connectivity index (χ4v) is 1.97. The molecule has 19 heavy (non-hydrogen) atoms. The molecule has 0 spiro atoms. The lowest BCUT2D eigenvalue weighted by atomic mass is 10.1. The first-order valence-electron chi connectivity index (χ1n) is 7.57. The second-order valence-electron chi connectivity index (χ2n) is 6.31. The highest BCUT2D eigenvalue weighted by molar-refractivity contribution is 5.63. The van der Waals surface area contributed by atoms with E-state index in [4.69, 9.17) is 0 Å². The largest absolute Gasteiger partial charge is 0.550 e. The molecule has 0 aliphatic heterocycles. The second-order valence-corrected chi connectivity index (χ2v) is 6.31. The minimum atomic E-state index is -0.926. The molecule has 0 unspecified atom stereocenters. The summed E-state index contributed by atoms with van der Waals surface area (Å²) in [6.07, 6.45) is 13.7. The molecule has 112 valence electrons. The second kappa shape index (κ2) is 11.0. The number of rotatable bonds is 12. The van der Waals surface area contributed by atoms with Gasteiger partial charge in [-0.3, -0.25) is 0 Å². The number of quaternary nitrogens is 1. The highest BCUT2D eigenvalue weighted by Gasteiger charge is 2.04. The average Bonchev–Trinajstić information content (AvgIpc) is 2.28. The van der Waals surface area contributed by atoms with Crippen molar-refractivity contribution in [2.24, 2.45) is 0 Å². The van der Waals surface area contributed by atoms with Gasteiger partial charge >= 0.3 is 0 Å². The lowest BCUT2D eigenvalue weighted by molar-refractivity contribution is -0.870. The third kappa shape index (κ3) is 17.2. The summed E-state index contributed by atoms with van der Waals surface area (Å²) in [5.74, 6) is -0.926. The zero-order valence-corrected chi connectivity index (χ0v) is 13.0. The molecule has 3 heteroatoms. The van der Waals surface area contributed by atoms with E-state index in [9.17, 15) is 9.90 Å². The Balaban J connectivity index is 3.20. The van der Waals surface area contributed by atoms with Crippen molar-refractivity contribution < 1.29 is 14.4 Å². The number of aliphatic carboxylic acids is 1. The van der Waals surface area contributed by atoms with Crippen molar-refractivity contribution in [2.75, 3.05) is 27.7 Å². The van der Waals surface area contributed by atoms with Crippen molar-refractivity contribution in [3.05, 3.63) is 12.2 Å². The Kier molecular flexibility index (Phi) is 10.6. The van der Waals surface area contributed by atoms with Gasteiger partial charge in [-0.05, 0) is 51.4 Å². The van der Waals surface area contributed by atoms with E-state index in [0.29, 0.717) is 0 Å². The topological polar surface area (TPSA) is 40.1 Å². The molecule has 3 nitrogen and oxygen atoms in total. The van der Waals surface area contributed by atoms with Crippen LogP contribution in [0.3, 0.4) is 0 Å². The van der Waals surface area contributed by atoms with Gasteiger partial charge in [0.25, 0.3) is 0 Å². The van der Waals surface area contributed by atoms with Gasteiger partial charge in [0.1, 0.15) is 0 Å². The lowest BCUT2D eigenvalue weighted by Crippen LogP contribution is -2.35. The SMILES string of the molecule is C[N+](C)(C)CCCCC/C=C\CCCCCC(=O)[O-]. The highest BCUT2D eigenvalue weighted by Crippen LogP contribution is 2.06. The van der Waals surface area contributed by atoms with E-state index in [1.54, 1.807) is 0 Å². The lowest BCUT2D eigenvalue weighted by Gasteiger charge is -2.23. The molecule has 0 amide bonds. The predicted molar refractivity (Wildman–Crippen MR) is 78.6 cm³/mol. The number of carbonyl (C=O) groups is 1. The van der Waals surface area contributed by atoms with Gasteiger partial charge in [-0.15, -0.1) is 0 Å². The van der Waals surface area contributed by atoms with Crippen molar-refractivity contribution in [1.82, 2.24) is 0 Å². The molecule has 0 atom stereocenters. The Morgan fingerprint density at radius 1 is 0.895 bits per heavy atom. The van der Waals surface area contributed by atoms with Gasteiger partial charge in [-0.1, -0.05) is 18.6 Å². The molecule has 0 aliphatic carbocycles. The van der Waals surface area contributed by atoms with E-state index in [1.807, 2.05) is 0 Å². The van der Waals surface area contributed by atoms with E-state index in [2.05, 4.69) is 33.3 Å². The van der Waals surface area contributed by atoms with Crippen LogP contribution in [0.5, 0.6) is 0 Å². The van der Waals surface area contributed by atoms with Crippen molar-refractivity contribution >= 4 is 5.97 Å². The van der Waals surface area contributed by atoms with Gasteiger partial charge in [0, 0.05) is 5.97 Å². The first-order valence-corrected chi connectivity index (χ1v) is 7.57. The van der Waals surface area contributed by atoms with Gasteiger partial charge in [0.05, 0.1) is 27.7 Å². The van der Waals surface area contributed by atoms with Crippen LogP contribution in [-0.4, -0.2) is 38.1 Å². The zero-order valence-electron chi connectivity index (χ0n) is 13.0. The van der Waals surface area contributed by atoms with Crippen LogP contribution < -0.4 is 5.11 Å². The van der Waals surface area contributed by atoms with E-state index in [0.717, 1.165) is 30.2 Å². The summed E-state index contributed by atoms with van der Waals surface area (Å²) in [5, 5.41) is 10.2. The summed E-state index contributed by atoms with van der Waals surface area (Å²) in [4.78, 5) is 10.2. The molecule has 0 aromatic carbocycles. The normalized spacial score (nSPS) is 12.2. The van der Waals surface area contributed by atoms with Gasteiger partial charge < -0.3 is 14.4 Å². The Hall–Kier alpha value is -0.830. The first-order chi connectivity index (χ1) is 8.92. The molecule has 0 saturated heterocycles. The van der Waals surface area contributed by atoms with Crippen molar-refractivity contribution in [2.45, 2.75) is 57.8 Å². The molecule has 0 aromatic rings. The summed E-state index contributed by atoms with van der Waals surface area (Å²) in [7, 11) is 6.71. The van der Waals surface area contributed by atoms with Crippen LogP contribution in [0, 0.1) is 0 Å². The van der Waals surface area contributed by atoms with Crippen LogP contribution in [0.25, 0.3) is 0 Å². The number of unbranched alkanes of at least 4 members (excludes halogenated alkanes) is 6. The van der Waals surface area contributed by atoms with Crippen LogP contribution in [0.1, 0.15) is 57.8 Å². The summed E-state index contributed by atoms with van der Waals surface area (Å²) in [6, 6.07) is 0. The van der Waals surface area contributed by atoms with Crippen LogP contribution in [0.15, 0.2) is 12.2 Å². The summed E-state index contributed by atoms with van der Waals surface area (Å²) in [5.41, 5.74) is 0. The van der Waals surface area contributed by atoms with E-state index in [-0.39, 0.29) is 6.42 Å². The quantitative estimate of drug-likeness (QED) is 0.310. The van der Waals surface area contributed by atoms with Crippen molar-refractivity contribution in [3.63, 3.8) is 0 Å². The maximum atomic E-state index is 10.2. The van der Waals surface area contributed by atoms with Gasteiger partial charge in [0.2, 0.25) is 0 Å². The van der Waals surface area contributed by atoms with Crippen LogP contribution in [0.2, 0.25) is 0 Å². The number of hydrogen-bond donors (Lipinski definition) is 0. The summed E-state index contributed by atoms with van der Waals surface area (Å²) < 4.78 is 1.06. The smallest absolute Gasteiger partial charge is 0.0780 e. The fourth-order valence-electron chi connectivity index (χ4n) is 1.97. The molecule has 0 saturated carbocycles. The maximum Gasteiger partial charge on any atom is 0.0780 e. The van der Waals surface area contributed by atoms with Crippen molar-refractivity contribution in [1.29, 1.82) is 0 Å². The Bertz CT molecular complexity index is 254. The molecular weight excluding hydrogens is 238 g/mol. The zero-order chi connectivity index (χ0) is 14.6. The number of allylic oxidation sites excluding steroid dienone is 2. The monoisotopic (exact) mass is 269 g/mol. The molecule has 0 N–H and O–H groups in total. The standard InChI is InChI=1S/C16H31NO2/c1-17(2,3)15-13-11-9-7-5-4-6-8-10-12-14-16(18)19/h4-5H,6-15H2,1-3H3/b5-4-.